The third kappa shape index (κ3) is 3.02. The van der Waals surface area contributed by atoms with Crippen molar-refractivity contribution in [3.8, 4) is 0 Å². The minimum atomic E-state index is -0.319. The van der Waals surface area contributed by atoms with E-state index >= 15 is 0 Å². The van der Waals surface area contributed by atoms with Crippen molar-refractivity contribution in [1.29, 1.82) is 0 Å². The molecule has 4 heteroatoms. The van der Waals surface area contributed by atoms with Crippen molar-refractivity contribution >= 4 is 17.3 Å². The molecule has 0 heterocycles. The summed E-state index contributed by atoms with van der Waals surface area (Å²) in [5.41, 5.74) is 13.0. The van der Waals surface area contributed by atoms with Gasteiger partial charge in [0.05, 0.1) is 0 Å². The summed E-state index contributed by atoms with van der Waals surface area (Å²) in [6, 6.07) is 5.09. The van der Waals surface area contributed by atoms with Crippen molar-refractivity contribution in [1.82, 2.24) is 0 Å². The Balaban J connectivity index is 2.71. The molecule has 1 aromatic carbocycles. The van der Waals surface area contributed by atoms with Crippen LogP contribution in [-0.4, -0.2) is 5.97 Å². The molecule has 0 aliphatic heterocycles. The Labute approximate surface area is 76.5 Å². The second kappa shape index (κ2) is 3.80. The molecule has 0 saturated carbocycles. The number of nitrogens with two attached hydrogens (primary N) is 2. The van der Waals surface area contributed by atoms with Crippen molar-refractivity contribution in [2.75, 3.05) is 11.5 Å². The van der Waals surface area contributed by atoms with Gasteiger partial charge < -0.3 is 16.2 Å². The third-order valence-electron chi connectivity index (χ3n) is 1.48. The standard InChI is InChI=1S/C9H12N2O2/c1-6(12)13-5-7-2-8(10)4-9(11)3-7/h2-4H,5,10-11H2,1H3. The van der Waals surface area contributed by atoms with Gasteiger partial charge in [0.15, 0.2) is 0 Å². The number of ether oxygens (including phenoxy) is 1. The summed E-state index contributed by atoms with van der Waals surface area (Å²) in [6.07, 6.45) is 0. The zero-order valence-corrected chi connectivity index (χ0v) is 7.41. The van der Waals surface area contributed by atoms with Gasteiger partial charge in [-0.05, 0) is 23.8 Å². The van der Waals surface area contributed by atoms with Crippen LogP contribution in [0.3, 0.4) is 0 Å². The van der Waals surface area contributed by atoms with Gasteiger partial charge in [-0.2, -0.15) is 0 Å². The first-order chi connectivity index (χ1) is 6.08. The van der Waals surface area contributed by atoms with Gasteiger partial charge in [-0.25, -0.2) is 0 Å². The normalized spacial score (nSPS) is 9.62. The highest BCUT2D eigenvalue weighted by Crippen LogP contribution is 2.14. The van der Waals surface area contributed by atoms with E-state index in [2.05, 4.69) is 0 Å². The maximum absolute atomic E-state index is 10.5. The van der Waals surface area contributed by atoms with Crippen LogP contribution in [-0.2, 0) is 16.1 Å². The van der Waals surface area contributed by atoms with Crippen LogP contribution in [0.2, 0.25) is 0 Å². The van der Waals surface area contributed by atoms with E-state index in [4.69, 9.17) is 16.2 Å². The molecule has 1 aromatic rings. The summed E-state index contributed by atoms with van der Waals surface area (Å²) in [5.74, 6) is -0.319. The number of rotatable bonds is 2. The average molecular weight is 180 g/mol. The average Bonchev–Trinajstić information content (AvgIpc) is 1.99. The fourth-order valence-corrected chi connectivity index (χ4v) is 1.01. The minimum Gasteiger partial charge on any atom is -0.461 e. The number of esters is 1. The van der Waals surface area contributed by atoms with Gasteiger partial charge in [-0.15, -0.1) is 0 Å². The molecular formula is C9H12N2O2. The molecule has 0 bridgehead atoms. The highest BCUT2D eigenvalue weighted by atomic mass is 16.5. The van der Waals surface area contributed by atoms with E-state index in [0.717, 1.165) is 5.56 Å². The zero-order valence-electron chi connectivity index (χ0n) is 7.41. The number of carbonyl (C=O) groups excluding carboxylic acids is 1. The molecule has 0 radical (unpaired) electrons. The Kier molecular flexibility index (Phi) is 2.74. The molecule has 4 N–H and O–H groups in total. The molecule has 0 amide bonds. The molecule has 4 nitrogen and oxygen atoms in total. The lowest BCUT2D eigenvalue weighted by Gasteiger charge is -2.04. The number of anilines is 2. The monoisotopic (exact) mass is 180 g/mol. The minimum absolute atomic E-state index is 0.213. The molecule has 0 fully saturated rings. The third-order valence-corrected chi connectivity index (χ3v) is 1.48. The largest absolute Gasteiger partial charge is 0.461 e. The first-order valence-corrected chi connectivity index (χ1v) is 3.86. The van der Waals surface area contributed by atoms with Crippen molar-refractivity contribution in [3.05, 3.63) is 23.8 Å². The van der Waals surface area contributed by atoms with Gasteiger partial charge in [-0.3, -0.25) is 4.79 Å². The van der Waals surface area contributed by atoms with Gasteiger partial charge in [0.25, 0.3) is 0 Å². The Morgan fingerprint density at radius 3 is 2.31 bits per heavy atom. The van der Waals surface area contributed by atoms with Crippen molar-refractivity contribution in [2.45, 2.75) is 13.5 Å². The van der Waals surface area contributed by atoms with Crippen LogP contribution in [0.1, 0.15) is 12.5 Å². The van der Waals surface area contributed by atoms with E-state index in [1.807, 2.05) is 0 Å². The SMILES string of the molecule is CC(=O)OCc1cc(N)cc(N)c1. The van der Waals surface area contributed by atoms with Gasteiger partial charge in [0.2, 0.25) is 0 Å². The molecule has 1 rings (SSSR count). The Morgan fingerprint density at radius 1 is 1.31 bits per heavy atom. The Hall–Kier alpha value is -1.71. The predicted octanol–water partition coefficient (Wildman–Crippen LogP) is 0.914. The molecule has 0 aromatic heterocycles. The zero-order chi connectivity index (χ0) is 9.84. The van der Waals surface area contributed by atoms with Crippen LogP contribution in [0.5, 0.6) is 0 Å². The van der Waals surface area contributed by atoms with E-state index in [-0.39, 0.29) is 12.6 Å². The summed E-state index contributed by atoms with van der Waals surface area (Å²) >= 11 is 0. The Morgan fingerprint density at radius 2 is 1.85 bits per heavy atom. The number of carbonyl (C=O) groups is 1. The molecule has 0 unspecified atom stereocenters. The molecule has 0 saturated heterocycles. The lowest BCUT2D eigenvalue weighted by Crippen LogP contribution is -2.00. The van der Waals surface area contributed by atoms with Gasteiger partial charge in [0.1, 0.15) is 6.61 Å². The second-order valence-corrected chi connectivity index (χ2v) is 2.79. The van der Waals surface area contributed by atoms with E-state index < -0.39 is 0 Å². The van der Waals surface area contributed by atoms with E-state index in [1.165, 1.54) is 6.92 Å². The summed E-state index contributed by atoms with van der Waals surface area (Å²) in [7, 11) is 0. The quantitative estimate of drug-likeness (QED) is 0.524. The maximum atomic E-state index is 10.5. The van der Waals surface area contributed by atoms with Crippen LogP contribution < -0.4 is 11.5 Å². The van der Waals surface area contributed by atoms with E-state index in [1.54, 1.807) is 18.2 Å². The lowest BCUT2D eigenvalue weighted by atomic mass is 10.2. The first-order valence-electron chi connectivity index (χ1n) is 3.86. The fraction of sp³-hybridized carbons (Fsp3) is 0.222. The summed E-state index contributed by atoms with van der Waals surface area (Å²) in [5, 5.41) is 0. The van der Waals surface area contributed by atoms with Crippen molar-refractivity contribution < 1.29 is 9.53 Å². The van der Waals surface area contributed by atoms with Crippen LogP contribution in [0.4, 0.5) is 11.4 Å². The summed E-state index contributed by atoms with van der Waals surface area (Å²) < 4.78 is 4.79. The number of hydrogen-bond acceptors (Lipinski definition) is 4. The number of hydrogen-bond donors (Lipinski definition) is 2. The lowest BCUT2D eigenvalue weighted by molar-refractivity contribution is -0.142. The highest BCUT2D eigenvalue weighted by molar-refractivity contribution is 5.66. The van der Waals surface area contributed by atoms with Crippen LogP contribution in [0.25, 0.3) is 0 Å². The second-order valence-electron chi connectivity index (χ2n) is 2.79. The maximum Gasteiger partial charge on any atom is 0.302 e. The molecule has 70 valence electrons. The van der Waals surface area contributed by atoms with Crippen LogP contribution in [0, 0.1) is 0 Å². The molecular weight excluding hydrogens is 168 g/mol. The topological polar surface area (TPSA) is 78.3 Å². The molecule has 0 atom stereocenters. The van der Waals surface area contributed by atoms with E-state index in [9.17, 15) is 4.79 Å². The number of benzene rings is 1. The molecule has 13 heavy (non-hydrogen) atoms. The molecule has 0 aliphatic rings. The molecule has 0 spiro atoms. The van der Waals surface area contributed by atoms with Crippen molar-refractivity contribution in [3.63, 3.8) is 0 Å². The highest BCUT2D eigenvalue weighted by Gasteiger charge is 1.98. The van der Waals surface area contributed by atoms with E-state index in [0.29, 0.717) is 11.4 Å². The fourth-order valence-electron chi connectivity index (χ4n) is 1.01. The Bertz CT molecular complexity index is 303. The first kappa shape index (κ1) is 9.38. The number of nitrogen functional groups attached to an aromatic ring is 2. The van der Waals surface area contributed by atoms with Gasteiger partial charge in [0, 0.05) is 18.3 Å². The smallest absolute Gasteiger partial charge is 0.302 e. The summed E-state index contributed by atoms with van der Waals surface area (Å²) in [6.45, 7) is 1.57. The summed E-state index contributed by atoms with van der Waals surface area (Å²) in [4.78, 5) is 10.5. The van der Waals surface area contributed by atoms with Crippen molar-refractivity contribution in [2.24, 2.45) is 0 Å². The predicted molar refractivity (Wildman–Crippen MR) is 50.7 cm³/mol. The van der Waals surface area contributed by atoms with Gasteiger partial charge in [-0.1, -0.05) is 0 Å². The molecule has 0 aliphatic carbocycles. The van der Waals surface area contributed by atoms with Crippen LogP contribution >= 0.6 is 0 Å². The van der Waals surface area contributed by atoms with Gasteiger partial charge >= 0.3 is 5.97 Å². The van der Waals surface area contributed by atoms with Crippen LogP contribution in [0.15, 0.2) is 18.2 Å².